The number of para-hydroxylation sites is 1. The number of hydrogen-bond acceptors (Lipinski definition) is 3. The van der Waals surface area contributed by atoms with E-state index in [0.717, 1.165) is 38.0 Å². The summed E-state index contributed by atoms with van der Waals surface area (Å²) in [4.78, 5) is 13.6. The van der Waals surface area contributed by atoms with Crippen LogP contribution in [-0.4, -0.2) is 42.7 Å². The Morgan fingerprint density at radius 2 is 1.90 bits per heavy atom. The third-order valence-electron chi connectivity index (χ3n) is 3.12. The van der Waals surface area contributed by atoms with Gasteiger partial charge in [-0.05, 0) is 37.8 Å². The van der Waals surface area contributed by atoms with E-state index in [-0.39, 0.29) is 12.5 Å². The predicted octanol–water partition coefficient (Wildman–Crippen LogP) is 2.47. The zero-order chi connectivity index (χ0) is 14.6. The van der Waals surface area contributed by atoms with Crippen molar-refractivity contribution in [3.63, 3.8) is 0 Å². The van der Waals surface area contributed by atoms with Crippen LogP contribution in [0.2, 0.25) is 0 Å². The van der Waals surface area contributed by atoms with Crippen molar-refractivity contribution in [3.8, 4) is 5.75 Å². The molecule has 20 heavy (non-hydrogen) atoms. The van der Waals surface area contributed by atoms with Crippen LogP contribution in [0.4, 0.5) is 0 Å². The van der Waals surface area contributed by atoms with Crippen molar-refractivity contribution in [1.29, 1.82) is 0 Å². The van der Waals surface area contributed by atoms with Gasteiger partial charge in [0.05, 0.1) is 6.61 Å². The summed E-state index contributed by atoms with van der Waals surface area (Å²) in [5, 5.41) is 8.68. The summed E-state index contributed by atoms with van der Waals surface area (Å²) in [6.07, 6.45) is 3.97. The highest BCUT2D eigenvalue weighted by molar-refractivity contribution is 5.75. The first-order valence-corrected chi connectivity index (χ1v) is 7.26. The van der Waals surface area contributed by atoms with Crippen LogP contribution in [0, 0.1) is 0 Å². The van der Waals surface area contributed by atoms with Gasteiger partial charge in [-0.15, -0.1) is 0 Å². The molecule has 0 aromatic heterocycles. The molecule has 0 aliphatic rings. The van der Waals surface area contributed by atoms with Crippen LogP contribution in [0.15, 0.2) is 30.3 Å². The number of carbonyl (C=O) groups is 1. The van der Waals surface area contributed by atoms with Crippen LogP contribution in [0.3, 0.4) is 0 Å². The van der Waals surface area contributed by atoms with Gasteiger partial charge in [0.2, 0.25) is 5.91 Å². The molecule has 0 aliphatic heterocycles. The van der Waals surface area contributed by atoms with Crippen LogP contribution < -0.4 is 4.74 Å². The summed E-state index contributed by atoms with van der Waals surface area (Å²) in [6.45, 7) is 1.56. The van der Waals surface area contributed by atoms with E-state index in [1.54, 1.807) is 4.90 Å². The second-order valence-electron chi connectivity index (χ2n) is 4.86. The largest absolute Gasteiger partial charge is 0.494 e. The van der Waals surface area contributed by atoms with E-state index < -0.39 is 0 Å². The van der Waals surface area contributed by atoms with Crippen LogP contribution in [0.1, 0.15) is 32.1 Å². The molecular weight excluding hydrogens is 254 g/mol. The Labute approximate surface area is 121 Å². The summed E-state index contributed by atoms with van der Waals surface area (Å²) in [5.74, 6) is 1.00. The molecule has 0 radical (unpaired) electrons. The van der Waals surface area contributed by atoms with Crippen molar-refractivity contribution >= 4 is 5.91 Å². The quantitative estimate of drug-likeness (QED) is 0.669. The van der Waals surface area contributed by atoms with Gasteiger partial charge in [0.15, 0.2) is 0 Å². The lowest BCUT2D eigenvalue weighted by Crippen LogP contribution is -2.27. The number of aliphatic hydroxyl groups excluding tert-OH is 1. The number of hydrogen-bond donors (Lipinski definition) is 1. The lowest BCUT2D eigenvalue weighted by Gasteiger charge is -2.17. The van der Waals surface area contributed by atoms with Crippen LogP contribution in [0.25, 0.3) is 0 Å². The average molecular weight is 279 g/mol. The van der Waals surface area contributed by atoms with E-state index in [4.69, 9.17) is 9.84 Å². The SMILES string of the molecule is CN(CCCCCO)C(=O)CCCOc1ccccc1. The predicted molar refractivity (Wildman–Crippen MR) is 79.7 cm³/mol. The van der Waals surface area contributed by atoms with Gasteiger partial charge in [0, 0.05) is 26.6 Å². The van der Waals surface area contributed by atoms with Gasteiger partial charge >= 0.3 is 0 Å². The van der Waals surface area contributed by atoms with Gasteiger partial charge < -0.3 is 14.7 Å². The molecule has 0 aliphatic carbocycles. The summed E-state index contributed by atoms with van der Waals surface area (Å²) in [6, 6.07) is 9.63. The molecule has 1 N–H and O–H groups in total. The summed E-state index contributed by atoms with van der Waals surface area (Å²) in [7, 11) is 1.83. The highest BCUT2D eigenvalue weighted by Gasteiger charge is 2.07. The topological polar surface area (TPSA) is 49.8 Å². The fourth-order valence-corrected chi connectivity index (χ4v) is 1.88. The molecule has 4 heteroatoms. The van der Waals surface area contributed by atoms with Gasteiger partial charge in [-0.3, -0.25) is 4.79 Å². The zero-order valence-electron chi connectivity index (χ0n) is 12.3. The number of rotatable bonds is 10. The number of nitrogens with zero attached hydrogens (tertiary/aromatic N) is 1. The fraction of sp³-hybridized carbons (Fsp3) is 0.562. The first-order valence-electron chi connectivity index (χ1n) is 7.26. The normalized spacial score (nSPS) is 10.3. The van der Waals surface area contributed by atoms with Gasteiger partial charge in [-0.2, -0.15) is 0 Å². The average Bonchev–Trinajstić information content (AvgIpc) is 2.48. The molecule has 0 heterocycles. The molecular formula is C16H25NO3. The summed E-state index contributed by atoms with van der Waals surface area (Å²) in [5.41, 5.74) is 0. The minimum absolute atomic E-state index is 0.158. The van der Waals surface area contributed by atoms with E-state index in [1.165, 1.54) is 0 Å². The number of unbranched alkanes of at least 4 members (excludes halogenated alkanes) is 2. The molecule has 1 amide bonds. The van der Waals surface area contributed by atoms with Crippen LogP contribution in [0.5, 0.6) is 5.75 Å². The minimum Gasteiger partial charge on any atom is -0.494 e. The highest BCUT2D eigenvalue weighted by atomic mass is 16.5. The lowest BCUT2D eigenvalue weighted by molar-refractivity contribution is -0.130. The van der Waals surface area contributed by atoms with Crippen LogP contribution >= 0.6 is 0 Å². The van der Waals surface area contributed by atoms with Crippen molar-refractivity contribution in [2.75, 3.05) is 26.8 Å². The Kier molecular flexibility index (Phi) is 8.47. The molecule has 1 aromatic carbocycles. The number of amides is 1. The zero-order valence-corrected chi connectivity index (χ0v) is 12.3. The summed E-state index contributed by atoms with van der Waals surface area (Å²) >= 11 is 0. The van der Waals surface area contributed by atoms with E-state index >= 15 is 0 Å². The van der Waals surface area contributed by atoms with E-state index in [9.17, 15) is 4.79 Å². The molecule has 4 nitrogen and oxygen atoms in total. The van der Waals surface area contributed by atoms with Gasteiger partial charge in [-0.1, -0.05) is 18.2 Å². The molecule has 0 bridgehead atoms. The number of ether oxygens (including phenoxy) is 1. The molecule has 0 spiro atoms. The van der Waals surface area contributed by atoms with Crippen molar-refractivity contribution in [3.05, 3.63) is 30.3 Å². The molecule has 1 aromatic rings. The third-order valence-corrected chi connectivity index (χ3v) is 3.12. The molecule has 1 rings (SSSR count). The number of aliphatic hydroxyl groups is 1. The standard InChI is InChI=1S/C16H25NO3/c1-17(12-6-3-7-13-18)16(19)11-8-14-20-15-9-4-2-5-10-15/h2,4-5,9-10,18H,3,6-8,11-14H2,1H3. The lowest BCUT2D eigenvalue weighted by atomic mass is 10.2. The first-order chi connectivity index (χ1) is 9.74. The van der Waals surface area contributed by atoms with E-state index in [0.29, 0.717) is 13.0 Å². The molecule has 0 atom stereocenters. The Balaban J connectivity index is 2.07. The fourth-order valence-electron chi connectivity index (χ4n) is 1.88. The van der Waals surface area contributed by atoms with Gasteiger partial charge in [0.25, 0.3) is 0 Å². The van der Waals surface area contributed by atoms with Crippen molar-refractivity contribution in [1.82, 2.24) is 4.90 Å². The monoisotopic (exact) mass is 279 g/mol. The molecule has 0 fully saturated rings. The maximum atomic E-state index is 11.8. The second kappa shape index (κ2) is 10.3. The maximum absolute atomic E-state index is 11.8. The van der Waals surface area contributed by atoms with Crippen molar-refractivity contribution in [2.45, 2.75) is 32.1 Å². The molecule has 0 saturated heterocycles. The Morgan fingerprint density at radius 1 is 1.15 bits per heavy atom. The highest BCUT2D eigenvalue weighted by Crippen LogP contribution is 2.09. The second-order valence-corrected chi connectivity index (χ2v) is 4.86. The maximum Gasteiger partial charge on any atom is 0.222 e. The number of benzene rings is 1. The van der Waals surface area contributed by atoms with Gasteiger partial charge in [-0.25, -0.2) is 0 Å². The third kappa shape index (κ3) is 7.14. The Morgan fingerprint density at radius 3 is 2.60 bits per heavy atom. The van der Waals surface area contributed by atoms with E-state index in [2.05, 4.69) is 0 Å². The van der Waals surface area contributed by atoms with E-state index in [1.807, 2.05) is 37.4 Å². The smallest absolute Gasteiger partial charge is 0.222 e. The van der Waals surface area contributed by atoms with Crippen molar-refractivity contribution < 1.29 is 14.6 Å². The molecule has 0 saturated carbocycles. The summed E-state index contributed by atoms with van der Waals surface area (Å²) < 4.78 is 5.55. The first kappa shape index (κ1) is 16.5. The minimum atomic E-state index is 0.158. The number of carbonyl (C=O) groups excluding carboxylic acids is 1. The molecule has 112 valence electrons. The van der Waals surface area contributed by atoms with Crippen molar-refractivity contribution in [2.24, 2.45) is 0 Å². The van der Waals surface area contributed by atoms with Gasteiger partial charge in [0.1, 0.15) is 5.75 Å². The Bertz CT molecular complexity index is 367. The molecule has 0 unspecified atom stereocenters. The van der Waals surface area contributed by atoms with Crippen LogP contribution in [-0.2, 0) is 4.79 Å². The Hall–Kier alpha value is -1.55.